The monoisotopic (exact) mass is 197 g/mol. The van der Waals surface area contributed by atoms with Crippen LogP contribution in [0.15, 0.2) is 5.11 Å². The van der Waals surface area contributed by atoms with Gasteiger partial charge in [0.05, 0.1) is 0 Å². The van der Waals surface area contributed by atoms with E-state index in [1.807, 2.05) is 0 Å². The van der Waals surface area contributed by atoms with Gasteiger partial charge in [0.2, 0.25) is 0 Å². The zero-order chi connectivity index (χ0) is 10.2. The summed E-state index contributed by atoms with van der Waals surface area (Å²) in [5.74, 6) is 1.15. The summed E-state index contributed by atoms with van der Waals surface area (Å²) in [5, 5.41) is 3.60. The van der Waals surface area contributed by atoms with Gasteiger partial charge in [0, 0.05) is 24.7 Å². The van der Waals surface area contributed by atoms with E-state index in [0.717, 1.165) is 19.6 Å². The van der Waals surface area contributed by atoms with Gasteiger partial charge in [-0.05, 0) is 36.6 Å². The third-order valence-corrected chi connectivity index (χ3v) is 2.70. The Morgan fingerprint density at radius 1 is 1.57 bits per heavy atom. The average molecular weight is 197 g/mol. The van der Waals surface area contributed by atoms with E-state index in [1.54, 1.807) is 0 Å². The summed E-state index contributed by atoms with van der Waals surface area (Å²) in [4.78, 5) is 2.78. The topological polar surface area (TPSA) is 58.0 Å². The van der Waals surface area contributed by atoms with Crippen molar-refractivity contribution in [1.82, 2.24) is 0 Å². The molecule has 2 atom stereocenters. The number of azide groups is 1. The van der Waals surface area contributed by atoms with Gasteiger partial charge < -0.3 is 4.74 Å². The predicted molar refractivity (Wildman–Crippen MR) is 56.0 cm³/mol. The van der Waals surface area contributed by atoms with Crippen LogP contribution in [0.25, 0.3) is 10.4 Å². The molecule has 0 saturated carbocycles. The third kappa shape index (κ3) is 4.49. The van der Waals surface area contributed by atoms with Crippen LogP contribution in [0, 0.1) is 11.8 Å². The zero-order valence-electron chi connectivity index (χ0n) is 8.85. The van der Waals surface area contributed by atoms with Gasteiger partial charge in [0.1, 0.15) is 0 Å². The lowest BCUT2D eigenvalue weighted by Gasteiger charge is -2.17. The summed E-state index contributed by atoms with van der Waals surface area (Å²) in [6, 6.07) is 0. The molecule has 0 unspecified atom stereocenters. The first-order chi connectivity index (χ1) is 6.83. The standard InChI is InChI=1S/C10H19N3O/c1-9(7-12-13-11)6-10-4-2-3-5-14-8-10/h9-10H,2-8H2,1H3/t9-,10+/m0/s1. The van der Waals surface area contributed by atoms with Gasteiger partial charge in [0.25, 0.3) is 0 Å². The van der Waals surface area contributed by atoms with E-state index < -0.39 is 0 Å². The minimum Gasteiger partial charge on any atom is -0.381 e. The number of nitrogens with zero attached hydrogens (tertiary/aromatic N) is 3. The Balaban J connectivity index is 2.23. The van der Waals surface area contributed by atoms with Crippen LogP contribution in [-0.4, -0.2) is 19.8 Å². The minimum atomic E-state index is 0.484. The summed E-state index contributed by atoms with van der Waals surface area (Å²) in [7, 11) is 0. The van der Waals surface area contributed by atoms with Crippen molar-refractivity contribution in [3.05, 3.63) is 10.4 Å². The van der Waals surface area contributed by atoms with Gasteiger partial charge in [-0.2, -0.15) is 0 Å². The molecule has 1 aliphatic rings. The molecule has 0 spiro atoms. The molecular formula is C10H19N3O. The molecule has 0 N–H and O–H groups in total. The first-order valence-electron chi connectivity index (χ1n) is 5.41. The molecule has 0 amide bonds. The van der Waals surface area contributed by atoms with Crippen LogP contribution >= 0.6 is 0 Å². The van der Waals surface area contributed by atoms with Crippen molar-refractivity contribution in [3.63, 3.8) is 0 Å². The van der Waals surface area contributed by atoms with Crippen molar-refractivity contribution in [2.75, 3.05) is 19.8 Å². The zero-order valence-corrected chi connectivity index (χ0v) is 8.85. The normalized spacial score (nSPS) is 24.8. The Morgan fingerprint density at radius 3 is 3.21 bits per heavy atom. The van der Waals surface area contributed by atoms with Crippen LogP contribution in [0.5, 0.6) is 0 Å². The number of hydrogen-bond acceptors (Lipinski definition) is 2. The van der Waals surface area contributed by atoms with Crippen molar-refractivity contribution in [1.29, 1.82) is 0 Å². The lowest BCUT2D eigenvalue weighted by Crippen LogP contribution is -2.12. The summed E-state index contributed by atoms with van der Waals surface area (Å²) in [5.41, 5.74) is 8.20. The molecule has 4 heteroatoms. The molecular weight excluding hydrogens is 178 g/mol. The lowest BCUT2D eigenvalue weighted by molar-refractivity contribution is 0.108. The van der Waals surface area contributed by atoms with Gasteiger partial charge in [-0.15, -0.1) is 0 Å². The first kappa shape index (κ1) is 11.3. The molecule has 0 bridgehead atoms. The van der Waals surface area contributed by atoms with E-state index in [1.165, 1.54) is 19.3 Å². The van der Waals surface area contributed by atoms with Gasteiger partial charge in [0.15, 0.2) is 0 Å². The summed E-state index contributed by atoms with van der Waals surface area (Å²) in [6.45, 7) is 4.56. The second kappa shape index (κ2) is 6.68. The highest BCUT2D eigenvalue weighted by Crippen LogP contribution is 2.21. The summed E-state index contributed by atoms with van der Waals surface area (Å²) in [6.07, 6.45) is 4.86. The Labute approximate surface area is 85.3 Å². The highest BCUT2D eigenvalue weighted by Gasteiger charge is 2.15. The smallest absolute Gasteiger partial charge is 0.0494 e. The van der Waals surface area contributed by atoms with Crippen molar-refractivity contribution in [3.8, 4) is 0 Å². The molecule has 14 heavy (non-hydrogen) atoms. The van der Waals surface area contributed by atoms with Crippen molar-refractivity contribution in [2.45, 2.75) is 32.6 Å². The second-order valence-corrected chi connectivity index (χ2v) is 4.19. The van der Waals surface area contributed by atoms with Gasteiger partial charge >= 0.3 is 0 Å². The highest BCUT2D eigenvalue weighted by molar-refractivity contribution is 4.67. The van der Waals surface area contributed by atoms with Gasteiger partial charge in [-0.3, -0.25) is 0 Å². The highest BCUT2D eigenvalue weighted by atomic mass is 16.5. The van der Waals surface area contributed by atoms with Crippen molar-refractivity contribution >= 4 is 0 Å². The Hall–Kier alpha value is -0.730. The number of hydrogen-bond donors (Lipinski definition) is 0. The van der Waals surface area contributed by atoms with Crippen molar-refractivity contribution < 1.29 is 4.74 Å². The van der Waals surface area contributed by atoms with Gasteiger partial charge in [-0.1, -0.05) is 18.5 Å². The molecule has 0 aromatic heterocycles. The molecule has 4 nitrogen and oxygen atoms in total. The number of rotatable bonds is 4. The molecule has 1 saturated heterocycles. The maximum absolute atomic E-state index is 8.20. The van der Waals surface area contributed by atoms with Crippen molar-refractivity contribution in [2.24, 2.45) is 17.0 Å². The second-order valence-electron chi connectivity index (χ2n) is 4.19. The Bertz CT molecular complexity index is 194. The maximum atomic E-state index is 8.20. The van der Waals surface area contributed by atoms with E-state index in [4.69, 9.17) is 10.3 Å². The van der Waals surface area contributed by atoms with Crippen LogP contribution < -0.4 is 0 Å². The summed E-state index contributed by atoms with van der Waals surface area (Å²) < 4.78 is 5.51. The molecule has 1 rings (SSSR count). The maximum Gasteiger partial charge on any atom is 0.0494 e. The van der Waals surface area contributed by atoms with E-state index in [9.17, 15) is 0 Å². The van der Waals surface area contributed by atoms with Crippen LogP contribution in [0.3, 0.4) is 0 Å². The fraction of sp³-hybridized carbons (Fsp3) is 1.00. The predicted octanol–water partition coefficient (Wildman–Crippen LogP) is 3.14. The van der Waals surface area contributed by atoms with Crippen LogP contribution in [0.1, 0.15) is 32.6 Å². The van der Waals surface area contributed by atoms with Crippen LogP contribution in [0.2, 0.25) is 0 Å². The van der Waals surface area contributed by atoms with E-state index in [-0.39, 0.29) is 0 Å². The molecule has 0 aromatic rings. The number of ether oxygens (including phenoxy) is 1. The average Bonchev–Trinajstić information content (AvgIpc) is 2.43. The molecule has 0 radical (unpaired) electrons. The van der Waals surface area contributed by atoms with Crippen LogP contribution in [0.4, 0.5) is 0 Å². The molecule has 0 aromatic carbocycles. The largest absolute Gasteiger partial charge is 0.381 e. The minimum absolute atomic E-state index is 0.484. The molecule has 1 aliphatic heterocycles. The Kier molecular flexibility index (Phi) is 5.42. The first-order valence-corrected chi connectivity index (χ1v) is 5.41. The van der Waals surface area contributed by atoms with Gasteiger partial charge in [-0.25, -0.2) is 0 Å². The molecule has 1 heterocycles. The molecule has 80 valence electrons. The third-order valence-electron chi connectivity index (χ3n) is 2.70. The quantitative estimate of drug-likeness (QED) is 0.388. The van der Waals surface area contributed by atoms with E-state index in [0.29, 0.717) is 18.4 Å². The van der Waals surface area contributed by atoms with Crippen LogP contribution in [-0.2, 0) is 4.74 Å². The Morgan fingerprint density at radius 2 is 2.43 bits per heavy atom. The SMILES string of the molecule is C[C@H](CN=[N+]=[N-])C[C@H]1CCCCOC1. The fourth-order valence-corrected chi connectivity index (χ4v) is 1.98. The summed E-state index contributed by atoms with van der Waals surface area (Å²) >= 11 is 0. The molecule has 1 fully saturated rings. The van der Waals surface area contributed by atoms with E-state index >= 15 is 0 Å². The van der Waals surface area contributed by atoms with E-state index in [2.05, 4.69) is 16.9 Å². The molecule has 0 aliphatic carbocycles. The fourth-order valence-electron chi connectivity index (χ4n) is 1.98. The lowest BCUT2D eigenvalue weighted by atomic mass is 9.93.